The second-order valence-corrected chi connectivity index (χ2v) is 10.0. The Morgan fingerprint density at radius 3 is 2.62 bits per heavy atom. The van der Waals surface area contributed by atoms with Crippen LogP contribution in [0.25, 0.3) is 0 Å². The molecule has 0 aromatic heterocycles. The van der Waals surface area contributed by atoms with Crippen LogP contribution in [0.5, 0.6) is 0 Å². The first-order valence-electron chi connectivity index (χ1n) is 8.82. The van der Waals surface area contributed by atoms with E-state index in [2.05, 4.69) is 5.32 Å². The topological polar surface area (TPSA) is 66.5 Å². The van der Waals surface area contributed by atoms with Gasteiger partial charge in [-0.2, -0.15) is 0 Å². The number of nitrogens with zero attached hydrogens (tertiary/aromatic N) is 1. The minimum atomic E-state index is -3.56. The summed E-state index contributed by atoms with van der Waals surface area (Å²) in [6.45, 7) is 6.68. The fraction of sp³-hybridized carbons (Fsp3) is 0.611. The third-order valence-corrected chi connectivity index (χ3v) is 7.25. The molecule has 1 saturated heterocycles. The van der Waals surface area contributed by atoms with Crippen molar-refractivity contribution in [2.24, 2.45) is 11.8 Å². The molecule has 0 aliphatic carbocycles. The van der Waals surface area contributed by atoms with Crippen molar-refractivity contribution in [3.8, 4) is 0 Å². The van der Waals surface area contributed by atoms with E-state index in [-0.39, 0.29) is 30.2 Å². The van der Waals surface area contributed by atoms with Crippen LogP contribution in [0.4, 0.5) is 0 Å². The Kier molecular flexibility index (Phi) is 7.36. The van der Waals surface area contributed by atoms with E-state index in [9.17, 15) is 13.2 Å². The lowest BCUT2D eigenvalue weighted by Crippen LogP contribution is -2.48. The molecule has 2 rings (SSSR count). The molecule has 0 radical (unpaired) electrons. The number of hydrogen-bond donors (Lipinski definition) is 1. The van der Waals surface area contributed by atoms with Gasteiger partial charge in [-0.1, -0.05) is 43.1 Å². The molecule has 2 atom stereocenters. The summed E-state index contributed by atoms with van der Waals surface area (Å²) in [5.74, 6) is -0.259. The molecule has 1 amide bonds. The third-order valence-electron chi connectivity index (χ3n) is 4.87. The SMILES string of the molecule is CC(C)C(C)NC(=O)C1CCCN(S(=O)(=O)Cc2ccc(Cl)cc2Cl)C1. The third kappa shape index (κ3) is 5.59. The molecule has 8 heteroatoms. The summed E-state index contributed by atoms with van der Waals surface area (Å²) in [7, 11) is -3.56. The predicted octanol–water partition coefficient (Wildman–Crippen LogP) is 3.70. The number of rotatable bonds is 6. The van der Waals surface area contributed by atoms with Crippen LogP contribution in [0.3, 0.4) is 0 Å². The molecule has 1 heterocycles. The van der Waals surface area contributed by atoms with Crippen LogP contribution in [-0.2, 0) is 20.6 Å². The van der Waals surface area contributed by atoms with Crippen molar-refractivity contribution >= 4 is 39.1 Å². The van der Waals surface area contributed by atoms with Crippen molar-refractivity contribution in [3.63, 3.8) is 0 Å². The van der Waals surface area contributed by atoms with E-state index >= 15 is 0 Å². The lowest BCUT2D eigenvalue weighted by atomic mass is 9.97. The number of piperidine rings is 1. The maximum atomic E-state index is 12.8. The van der Waals surface area contributed by atoms with E-state index in [0.29, 0.717) is 40.9 Å². The van der Waals surface area contributed by atoms with Crippen molar-refractivity contribution in [2.45, 2.75) is 45.4 Å². The van der Waals surface area contributed by atoms with Crippen molar-refractivity contribution in [1.29, 1.82) is 0 Å². The monoisotopic (exact) mass is 420 g/mol. The molecule has 5 nitrogen and oxygen atoms in total. The highest BCUT2D eigenvalue weighted by Gasteiger charge is 2.33. The van der Waals surface area contributed by atoms with Crippen LogP contribution in [0, 0.1) is 11.8 Å². The van der Waals surface area contributed by atoms with Gasteiger partial charge in [0.15, 0.2) is 0 Å². The van der Waals surface area contributed by atoms with Crippen molar-refractivity contribution in [1.82, 2.24) is 9.62 Å². The number of benzene rings is 1. The summed E-state index contributed by atoms with van der Waals surface area (Å²) < 4.78 is 27.0. The molecule has 1 aliphatic heterocycles. The van der Waals surface area contributed by atoms with Gasteiger partial charge in [0.25, 0.3) is 0 Å². The van der Waals surface area contributed by atoms with Crippen LogP contribution in [0.2, 0.25) is 10.0 Å². The van der Waals surface area contributed by atoms with Gasteiger partial charge in [-0.05, 0) is 43.4 Å². The first-order valence-corrected chi connectivity index (χ1v) is 11.2. The maximum Gasteiger partial charge on any atom is 0.224 e. The molecule has 1 fully saturated rings. The average Bonchev–Trinajstić information content (AvgIpc) is 2.57. The molecule has 1 N–H and O–H groups in total. The summed E-state index contributed by atoms with van der Waals surface area (Å²) in [6, 6.07) is 4.84. The minimum absolute atomic E-state index is 0.0577. The van der Waals surface area contributed by atoms with E-state index in [0.717, 1.165) is 0 Å². The van der Waals surface area contributed by atoms with Crippen LogP contribution in [-0.4, -0.2) is 37.8 Å². The molecular formula is C18H26Cl2N2O3S. The van der Waals surface area contributed by atoms with Crippen LogP contribution in [0.1, 0.15) is 39.2 Å². The van der Waals surface area contributed by atoms with E-state index < -0.39 is 10.0 Å². The molecule has 2 unspecified atom stereocenters. The predicted molar refractivity (Wildman–Crippen MR) is 106 cm³/mol. The van der Waals surface area contributed by atoms with Gasteiger partial charge >= 0.3 is 0 Å². The van der Waals surface area contributed by atoms with E-state index in [1.54, 1.807) is 12.1 Å². The molecule has 0 bridgehead atoms. The lowest BCUT2D eigenvalue weighted by molar-refractivity contribution is -0.127. The van der Waals surface area contributed by atoms with Crippen LogP contribution >= 0.6 is 23.2 Å². The van der Waals surface area contributed by atoms with Gasteiger partial charge in [-0.25, -0.2) is 12.7 Å². The fourth-order valence-electron chi connectivity index (χ4n) is 2.84. The quantitative estimate of drug-likeness (QED) is 0.762. The highest BCUT2D eigenvalue weighted by atomic mass is 35.5. The van der Waals surface area contributed by atoms with Crippen molar-refractivity contribution in [3.05, 3.63) is 33.8 Å². The maximum absolute atomic E-state index is 12.8. The van der Waals surface area contributed by atoms with Crippen LogP contribution < -0.4 is 5.32 Å². The highest BCUT2D eigenvalue weighted by molar-refractivity contribution is 7.88. The van der Waals surface area contributed by atoms with Gasteiger partial charge in [0, 0.05) is 29.2 Å². The first kappa shape index (κ1) is 21.5. The molecule has 1 aliphatic rings. The van der Waals surface area contributed by atoms with Gasteiger partial charge < -0.3 is 5.32 Å². The standard InChI is InChI=1S/C18H26Cl2N2O3S/c1-12(2)13(3)21-18(23)14-5-4-8-22(10-14)26(24,25)11-15-6-7-16(19)9-17(15)20/h6-7,9,12-14H,4-5,8,10-11H2,1-3H3,(H,21,23). The zero-order valence-corrected chi connectivity index (χ0v) is 17.7. The fourth-order valence-corrected chi connectivity index (χ4v) is 5.04. The molecule has 0 spiro atoms. The summed E-state index contributed by atoms with van der Waals surface area (Å²) >= 11 is 12.0. The van der Waals surface area contributed by atoms with Crippen molar-refractivity contribution in [2.75, 3.05) is 13.1 Å². The Balaban J connectivity index is 2.06. The molecular weight excluding hydrogens is 395 g/mol. The molecule has 1 aromatic carbocycles. The zero-order valence-electron chi connectivity index (χ0n) is 15.3. The van der Waals surface area contributed by atoms with Gasteiger partial charge in [0.1, 0.15) is 0 Å². The number of sulfonamides is 1. The van der Waals surface area contributed by atoms with Gasteiger partial charge in [-0.15, -0.1) is 0 Å². The Bertz CT molecular complexity index is 753. The van der Waals surface area contributed by atoms with E-state index in [1.165, 1.54) is 10.4 Å². The lowest BCUT2D eigenvalue weighted by Gasteiger charge is -2.32. The van der Waals surface area contributed by atoms with E-state index in [1.807, 2.05) is 20.8 Å². The average molecular weight is 421 g/mol. The summed E-state index contributed by atoms with van der Waals surface area (Å²) in [6.07, 6.45) is 1.37. The normalized spacial score (nSPS) is 20.2. The number of halogens is 2. The smallest absolute Gasteiger partial charge is 0.224 e. The minimum Gasteiger partial charge on any atom is -0.353 e. The first-order chi connectivity index (χ1) is 12.1. The molecule has 0 saturated carbocycles. The second kappa shape index (κ2) is 8.91. The largest absolute Gasteiger partial charge is 0.353 e. The van der Waals surface area contributed by atoms with Crippen LogP contribution in [0.15, 0.2) is 18.2 Å². The number of nitrogens with one attached hydrogen (secondary N) is 1. The van der Waals surface area contributed by atoms with E-state index in [4.69, 9.17) is 23.2 Å². The number of amides is 1. The zero-order chi connectivity index (χ0) is 19.5. The summed E-state index contributed by atoms with van der Waals surface area (Å²) in [5.41, 5.74) is 0.510. The van der Waals surface area contributed by atoms with Gasteiger partial charge in [0.05, 0.1) is 11.7 Å². The second-order valence-electron chi connectivity index (χ2n) is 7.23. The van der Waals surface area contributed by atoms with Gasteiger partial charge in [-0.3, -0.25) is 4.79 Å². The van der Waals surface area contributed by atoms with Gasteiger partial charge in [0.2, 0.25) is 15.9 Å². The van der Waals surface area contributed by atoms with Crippen molar-refractivity contribution < 1.29 is 13.2 Å². The molecule has 26 heavy (non-hydrogen) atoms. The molecule has 146 valence electrons. The number of hydrogen-bond acceptors (Lipinski definition) is 3. The Morgan fingerprint density at radius 1 is 1.31 bits per heavy atom. The number of carbonyl (C=O) groups is 1. The Morgan fingerprint density at radius 2 is 2.00 bits per heavy atom. The Hall–Kier alpha value is -0.820. The number of carbonyl (C=O) groups excluding carboxylic acids is 1. The molecule has 1 aromatic rings. The Labute approximate surface area is 166 Å². The summed E-state index contributed by atoms with van der Waals surface area (Å²) in [4.78, 5) is 12.5. The summed E-state index contributed by atoms with van der Waals surface area (Å²) in [5, 5.41) is 3.78. The highest BCUT2D eigenvalue weighted by Crippen LogP contribution is 2.26.